The molecule has 1 heterocycles. The summed E-state index contributed by atoms with van der Waals surface area (Å²) in [7, 11) is 3.98. The van der Waals surface area contributed by atoms with E-state index in [1.54, 1.807) is 11.8 Å². The number of benzene rings is 1. The zero-order valence-electron chi connectivity index (χ0n) is 11.7. The molecule has 1 aliphatic heterocycles. The number of hydrogen-bond acceptors (Lipinski definition) is 5. The highest BCUT2D eigenvalue weighted by molar-refractivity contribution is 8.00. The van der Waals surface area contributed by atoms with Gasteiger partial charge in [0.1, 0.15) is 11.8 Å². The average Bonchev–Trinajstić information content (AvgIpc) is 2.88. The molecular formula is C14H20N2O3S. The first-order valence-electron chi connectivity index (χ1n) is 6.57. The first kappa shape index (κ1) is 15.0. The summed E-state index contributed by atoms with van der Waals surface area (Å²) in [5.74, 6) is 0.685. The average molecular weight is 296 g/mol. The molecule has 0 aliphatic carbocycles. The number of carbonyl (C=O) groups is 1. The summed E-state index contributed by atoms with van der Waals surface area (Å²) in [5, 5.41) is 12.1. The standard InChI is InChI=1S/C14H20N2O3S/c1-16(2)10-4-3-5-11(8-10)19-7-6-13-15-12(9-20-13)14(17)18/h3-5,8,12-13,15H,6-7,9H2,1-2H3,(H,17,18). The lowest BCUT2D eigenvalue weighted by Crippen LogP contribution is -2.36. The van der Waals surface area contributed by atoms with Crippen molar-refractivity contribution in [3.05, 3.63) is 24.3 Å². The van der Waals surface area contributed by atoms with Crippen LogP contribution >= 0.6 is 11.8 Å². The minimum absolute atomic E-state index is 0.160. The lowest BCUT2D eigenvalue weighted by Gasteiger charge is -2.15. The van der Waals surface area contributed by atoms with Crippen molar-refractivity contribution in [1.82, 2.24) is 5.32 Å². The molecule has 1 saturated heterocycles. The van der Waals surface area contributed by atoms with Crippen LogP contribution in [0.4, 0.5) is 5.69 Å². The fourth-order valence-electron chi connectivity index (χ4n) is 1.98. The summed E-state index contributed by atoms with van der Waals surface area (Å²) < 4.78 is 5.73. The molecule has 0 amide bonds. The van der Waals surface area contributed by atoms with Gasteiger partial charge in [-0.2, -0.15) is 0 Å². The zero-order valence-corrected chi connectivity index (χ0v) is 12.5. The van der Waals surface area contributed by atoms with Crippen molar-refractivity contribution < 1.29 is 14.6 Å². The van der Waals surface area contributed by atoms with Crippen LogP contribution in [0, 0.1) is 0 Å². The van der Waals surface area contributed by atoms with Crippen LogP contribution in [-0.2, 0) is 4.79 Å². The molecule has 1 aromatic carbocycles. The summed E-state index contributed by atoms with van der Waals surface area (Å²) in [4.78, 5) is 12.9. The maximum absolute atomic E-state index is 10.8. The first-order valence-corrected chi connectivity index (χ1v) is 7.62. The third-order valence-electron chi connectivity index (χ3n) is 3.13. The Balaban J connectivity index is 1.76. The largest absolute Gasteiger partial charge is 0.493 e. The summed E-state index contributed by atoms with van der Waals surface area (Å²) in [6.07, 6.45) is 0.792. The van der Waals surface area contributed by atoms with Crippen LogP contribution in [0.1, 0.15) is 6.42 Å². The molecule has 0 saturated carbocycles. The van der Waals surface area contributed by atoms with Gasteiger partial charge in [-0.3, -0.25) is 10.1 Å². The van der Waals surface area contributed by atoms with E-state index >= 15 is 0 Å². The molecule has 1 aliphatic rings. The van der Waals surface area contributed by atoms with E-state index in [0.29, 0.717) is 12.4 Å². The van der Waals surface area contributed by atoms with Gasteiger partial charge in [0.05, 0.1) is 12.0 Å². The molecule has 2 atom stereocenters. The molecule has 0 bridgehead atoms. The van der Waals surface area contributed by atoms with Gasteiger partial charge in [-0.05, 0) is 12.1 Å². The molecule has 1 fully saturated rings. The molecule has 2 rings (SSSR count). The van der Waals surface area contributed by atoms with Crippen LogP contribution in [-0.4, -0.2) is 48.9 Å². The van der Waals surface area contributed by atoms with Gasteiger partial charge in [0.15, 0.2) is 0 Å². The molecule has 2 unspecified atom stereocenters. The summed E-state index contributed by atoms with van der Waals surface area (Å²) in [6.45, 7) is 0.577. The van der Waals surface area contributed by atoms with Crippen LogP contribution in [0.5, 0.6) is 5.75 Å². The Bertz CT molecular complexity index is 467. The van der Waals surface area contributed by atoms with Gasteiger partial charge in [0.25, 0.3) is 0 Å². The minimum Gasteiger partial charge on any atom is -0.493 e. The maximum Gasteiger partial charge on any atom is 0.321 e. The van der Waals surface area contributed by atoms with Gasteiger partial charge in [-0.25, -0.2) is 0 Å². The lowest BCUT2D eigenvalue weighted by atomic mass is 10.3. The predicted molar refractivity (Wildman–Crippen MR) is 81.7 cm³/mol. The van der Waals surface area contributed by atoms with Gasteiger partial charge in [0, 0.05) is 38.0 Å². The fourth-order valence-corrected chi connectivity index (χ4v) is 3.16. The molecular weight excluding hydrogens is 276 g/mol. The van der Waals surface area contributed by atoms with E-state index in [0.717, 1.165) is 17.9 Å². The number of carboxylic acid groups (broad SMARTS) is 1. The number of hydrogen-bond donors (Lipinski definition) is 2. The quantitative estimate of drug-likeness (QED) is 0.832. The maximum atomic E-state index is 10.8. The van der Waals surface area contributed by atoms with E-state index in [1.165, 1.54) is 0 Å². The molecule has 0 spiro atoms. The van der Waals surface area contributed by atoms with E-state index < -0.39 is 12.0 Å². The number of carboxylic acids is 1. The number of rotatable bonds is 6. The highest BCUT2D eigenvalue weighted by Gasteiger charge is 2.28. The van der Waals surface area contributed by atoms with Crippen molar-refractivity contribution in [3.8, 4) is 5.75 Å². The molecule has 110 valence electrons. The minimum atomic E-state index is -0.778. The summed E-state index contributed by atoms with van der Waals surface area (Å²) in [5.41, 5.74) is 1.10. The third-order valence-corrected chi connectivity index (χ3v) is 4.43. The highest BCUT2D eigenvalue weighted by atomic mass is 32.2. The Hall–Kier alpha value is -1.40. The van der Waals surface area contributed by atoms with Crippen molar-refractivity contribution >= 4 is 23.4 Å². The van der Waals surface area contributed by atoms with E-state index in [4.69, 9.17) is 9.84 Å². The molecule has 5 nitrogen and oxygen atoms in total. The summed E-state index contributed by atoms with van der Waals surface area (Å²) in [6, 6.07) is 7.49. The Kier molecular flexibility index (Phi) is 5.14. The van der Waals surface area contributed by atoms with Crippen molar-refractivity contribution in [2.24, 2.45) is 0 Å². The topological polar surface area (TPSA) is 61.8 Å². The zero-order chi connectivity index (χ0) is 14.5. The van der Waals surface area contributed by atoms with Crippen molar-refractivity contribution in [2.75, 3.05) is 31.4 Å². The van der Waals surface area contributed by atoms with Gasteiger partial charge in [0.2, 0.25) is 0 Å². The van der Waals surface area contributed by atoms with Crippen LogP contribution < -0.4 is 15.0 Å². The van der Waals surface area contributed by atoms with Crippen molar-refractivity contribution in [2.45, 2.75) is 17.8 Å². The normalized spacial score (nSPS) is 21.7. The molecule has 20 heavy (non-hydrogen) atoms. The number of anilines is 1. The SMILES string of the molecule is CN(C)c1cccc(OCCC2NC(C(=O)O)CS2)c1. The van der Waals surface area contributed by atoms with Crippen LogP contribution in [0.3, 0.4) is 0 Å². The lowest BCUT2D eigenvalue weighted by molar-refractivity contribution is -0.138. The summed E-state index contributed by atoms with van der Waals surface area (Å²) >= 11 is 1.64. The molecule has 0 aromatic heterocycles. The number of thioether (sulfide) groups is 1. The van der Waals surface area contributed by atoms with E-state index in [2.05, 4.69) is 5.32 Å². The van der Waals surface area contributed by atoms with E-state index in [-0.39, 0.29) is 5.37 Å². The van der Waals surface area contributed by atoms with Crippen LogP contribution in [0.15, 0.2) is 24.3 Å². The van der Waals surface area contributed by atoms with Gasteiger partial charge >= 0.3 is 5.97 Å². The Morgan fingerprint density at radius 3 is 3.00 bits per heavy atom. The fraction of sp³-hybridized carbons (Fsp3) is 0.500. The van der Waals surface area contributed by atoms with E-state index in [9.17, 15) is 4.79 Å². The van der Waals surface area contributed by atoms with Gasteiger partial charge < -0.3 is 14.7 Å². The molecule has 2 N–H and O–H groups in total. The first-order chi connectivity index (χ1) is 9.56. The smallest absolute Gasteiger partial charge is 0.321 e. The van der Waals surface area contributed by atoms with Crippen LogP contribution in [0.25, 0.3) is 0 Å². The van der Waals surface area contributed by atoms with Crippen molar-refractivity contribution in [3.63, 3.8) is 0 Å². The highest BCUT2D eigenvalue weighted by Crippen LogP contribution is 2.23. The molecule has 1 aromatic rings. The monoisotopic (exact) mass is 296 g/mol. The van der Waals surface area contributed by atoms with Crippen LogP contribution in [0.2, 0.25) is 0 Å². The Labute approximate surface area is 123 Å². The third kappa shape index (κ3) is 4.05. The number of nitrogens with zero attached hydrogens (tertiary/aromatic N) is 1. The second-order valence-electron chi connectivity index (χ2n) is 4.91. The number of nitrogens with one attached hydrogen (secondary N) is 1. The predicted octanol–water partition coefficient (Wildman–Crippen LogP) is 1.64. The van der Waals surface area contributed by atoms with Crippen molar-refractivity contribution in [1.29, 1.82) is 0 Å². The number of aliphatic carboxylic acids is 1. The van der Waals surface area contributed by atoms with Gasteiger partial charge in [-0.15, -0.1) is 11.8 Å². The van der Waals surface area contributed by atoms with E-state index in [1.807, 2.05) is 43.3 Å². The second kappa shape index (κ2) is 6.85. The Morgan fingerprint density at radius 1 is 1.55 bits per heavy atom. The molecule has 6 heteroatoms. The number of ether oxygens (including phenoxy) is 1. The second-order valence-corrected chi connectivity index (χ2v) is 6.14. The molecule has 0 radical (unpaired) electrons. The van der Waals surface area contributed by atoms with Gasteiger partial charge in [-0.1, -0.05) is 6.07 Å². The Morgan fingerprint density at radius 2 is 2.35 bits per heavy atom.